The molecule has 2 heterocycles. The van der Waals surface area contributed by atoms with Gasteiger partial charge in [-0.2, -0.15) is 10.5 Å². The van der Waals surface area contributed by atoms with Crippen molar-refractivity contribution in [2.45, 2.75) is 20.3 Å². The van der Waals surface area contributed by atoms with Crippen molar-refractivity contribution in [2.24, 2.45) is 11.8 Å². The monoisotopic (exact) mass is 300 g/mol. The Hall–Kier alpha value is -2.87. The summed E-state index contributed by atoms with van der Waals surface area (Å²) in [5, 5.41) is 20.2. The van der Waals surface area contributed by atoms with E-state index in [2.05, 4.69) is 15.3 Å². The Bertz CT molecular complexity index is 647. The first-order chi connectivity index (χ1) is 10.4. The number of imidazole rings is 1. The van der Waals surface area contributed by atoms with Gasteiger partial charge in [0.15, 0.2) is 11.4 Å². The summed E-state index contributed by atoms with van der Waals surface area (Å²) in [5.41, 5.74) is -0.0662. The second kappa shape index (κ2) is 6.27. The molecule has 8 nitrogen and oxygen atoms in total. The largest absolute Gasteiger partial charge is 0.342 e. The number of aromatic nitrogens is 2. The van der Waals surface area contributed by atoms with E-state index >= 15 is 0 Å². The maximum atomic E-state index is 12.2. The molecule has 2 rings (SSSR count). The summed E-state index contributed by atoms with van der Waals surface area (Å²) in [6, 6.07) is 3.56. The van der Waals surface area contributed by atoms with Gasteiger partial charge in [0.1, 0.15) is 12.1 Å². The van der Waals surface area contributed by atoms with Gasteiger partial charge in [-0.25, -0.2) is 4.98 Å². The van der Waals surface area contributed by atoms with Gasteiger partial charge in [0.05, 0.1) is 5.92 Å². The summed E-state index contributed by atoms with van der Waals surface area (Å²) in [5.74, 6) is -0.446. The van der Waals surface area contributed by atoms with Crippen LogP contribution < -0.4 is 5.32 Å². The molecule has 8 heteroatoms. The van der Waals surface area contributed by atoms with Crippen LogP contribution in [-0.2, 0) is 9.59 Å². The highest BCUT2D eigenvalue weighted by Crippen LogP contribution is 2.20. The van der Waals surface area contributed by atoms with E-state index in [-0.39, 0.29) is 35.6 Å². The third-order valence-electron chi connectivity index (χ3n) is 3.33. The SMILES string of the molecule is CC(C)CN1CC(C(=O)Nc2nc(C#N)c(C#N)[nH]2)CC1=O. The summed E-state index contributed by atoms with van der Waals surface area (Å²) < 4.78 is 0. The second-order valence-corrected chi connectivity index (χ2v) is 5.62. The summed E-state index contributed by atoms with van der Waals surface area (Å²) in [6.45, 7) is 5.02. The quantitative estimate of drug-likeness (QED) is 0.841. The predicted octanol–water partition coefficient (Wildman–Crippen LogP) is 0.596. The zero-order valence-electron chi connectivity index (χ0n) is 12.4. The summed E-state index contributed by atoms with van der Waals surface area (Å²) in [7, 11) is 0. The molecule has 1 fully saturated rings. The van der Waals surface area contributed by atoms with Gasteiger partial charge >= 0.3 is 0 Å². The molecule has 0 saturated carbocycles. The van der Waals surface area contributed by atoms with E-state index in [4.69, 9.17) is 10.5 Å². The van der Waals surface area contributed by atoms with Crippen LogP contribution in [0.2, 0.25) is 0 Å². The zero-order chi connectivity index (χ0) is 16.3. The molecular weight excluding hydrogens is 284 g/mol. The lowest BCUT2D eigenvalue weighted by atomic mass is 10.1. The van der Waals surface area contributed by atoms with Gasteiger partial charge in [0.25, 0.3) is 0 Å². The van der Waals surface area contributed by atoms with Crippen molar-refractivity contribution in [1.82, 2.24) is 14.9 Å². The number of nitrogens with zero attached hydrogens (tertiary/aromatic N) is 4. The van der Waals surface area contributed by atoms with Crippen molar-refractivity contribution in [3.63, 3.8) is 0 Å². The van der Waals surface area contributed by atoms with Crippen molar-refractivity contribution in [2.75, 3.05) is 18.4 Å². The molecule has 1 atom stereocenters. The van der Waals surface area contributed by atoms with E-state index in [1.54, 1.807) is 17.0 Å². The molecule has 1 aromatic heterocycles. The number of likely N-dealkylation sites (tertiary alicyclic amines) is 1. The van der Waals surface area contributed by atoms with Gasteiger partial charge < -0.3 is 9.88 Å². The molecule has 1 saturated heterocycles. The van der Waals surface area contributed by atoms with Crippen molar-refractivity contribution in [1.29, 1.82) is 10.5 Å². The lowest BCUT2D eigenvalue weighted by Crippen LogP contribution is -2.31. The van der Waals surface area contributed by atoms with Crippen molar-refractivity contribution in [3.05, 3.63) is 11.4 Å². The molecular formula is C14H16N6O2. The molecule has 114 valence electrons. The van der Waals surface area contributed by atoms with Gasteiger partial charge in [0.2, 0.25) is 17.8 Å². The summed E-state index contributed by atoms with van der Waals surface area (Å²) in [6.07, 6.45) is 0.162. The van der Waals surface area contributed by atoms with E-state index in [9.17, 15) is 9.59 Å². The first-order valence-electron chi connectivity index (χ1n) is 6.93. The van der Waals surface area contributed by atoms with Gasteiger partial charge in [-0.1, -0.05) is 13.8 Å². The Morgan fingerprint density at radius 3 is 2.77 bits per heavy atom. The van der Waals surface area contributed by atoms with Crippen LogP contribution >= 0.6 is 0 Å². The van der Waals surface area contributed by atoms with Gasteiger partial charge in [-0.15, -0.1) is 0 Å². The van der Waals surface area contributed by atoms with E-state index < -0.39 is 5.92 Å². The number of hydrogen-bond acceptors (Lipinski definition) is 5. The topological polar surface area (TPSA) is 126 Å². The minimum atomic E-state index is -0.451. The predicted molar refractivity (Wildman–Crippen MR) is 76.2 cm³/mol. The van der Waals surface area contributed by atoms with E-state index in [0.717, 1.165) is 0 Å². The molecule has 0 spiro atoms. The van der Waals surface area contributed by atoms with Crippen LogP contribution in [0.3, 0.4) is 0 Å². The molecule has 1 aliphatic heterocycles. The number of anilines is 1. The minimum absolute atomic E-state index is 0.00160. The zero-order valence-corrected chi connectivity index (χ0v) is 12.4. The Balaban J connectivity index is 2.02. The number of amides is 2. The van der Waals surface area contributed by atoms with E-state index in [0.29, 0.717) is 19.0 Å². The number of H-pyrrole nitrogens is 1. The minimum Gasteiger partial charge on any atom is -0.342 e. The maximum absolute atomic E-state index is 12.2. The Labute approximate surface area is 127 Å². The number of carbonyl (C=O) groups is 2. The maximum Gasteiger partial charge on any atom is 0.232 e. The van der Waals surface area contributed by atoms with Gasteiger partial charge in [0, 0.05) is 19.5 Å². The highest BCUT2D eigenvalue weighted by Gasteiger charge is 2.34. The molecule has 1 aliphatic rings. The van der Waals surface area contributed by atoms with Gasteiger partial charge in [-0.3, -0.25) is 14.9 Å². The van der Waals surface area contributed by atoms with Crippen LogP contribution in [0.25, 0.3) is 0 Å². The molecule has 1 unspecified atom stereocenters. The number of aromatic amines is 1. The highest BCUT2D eigenvalue weighted by atomic mass is 16.2. The van der Waals surface area contributed by atoms with Crippen LogP contribution in [0.15, 0.2) is 0 Å². The fraction of sp³-hybridized carbons (Fsp3) is 0.500. The van der Waals surface area contributed by atoms with Crippen molar-refractivity contribution < 1.29 is 9.59 Å². The van der Waals surface area contributed by atoms with Crippen LogP contribution in [0.4, 0.5) is 5.95 Å². The van der Waals surface area contributed by atoms with Crippen LogP contribution in [0.5, 0.6) is 0 Å². The molecule has 1 aromatic rings. The molecule has 0 aromatic carbocycles. The van der Waals surface area contributed by atoms with Crippen molar-refractivity contribution >= 4 is 17.8 Å². The van der Waals surface area contributed by atoms with Gasteiger partial charge in [-0.05, 0) is 5.92 Å². The van der Waals surface area contributed by atoms with Crippen LogP contribution in [-0.4, -0.2) is 39.8 Å². The number of hydrogen-bond donors (Lipinski definition) is 2. The number of nitriles is 2. The van der Waals surface area contributed by atoms with E-state index in [1.807, 2.05) is 13.8 Å². The fourth-order valence-corrected chi connectivity index (χ4v) is 2.38. The molecule has 0 aliphatic carbocycles. The lowest BCUT2D eigenvalue weighted by molar-refractivity contribution is -0.128. The molecule has 0 bridgehead atoms. The molecule has 2 N–H and O–H groups in total. The van der Waals surface area contributed by atoms with E-state index in [1.165, 1.54) is 0 Å². The third-order valence-corrected chi connectivity index (χ3v) is 3.33. The Kier molecular flexibility index (Phi) is 4.42. The second-order valence-electron chi connectivity index (χ2n) is 5.62. The molecule has 0 radical (unpaired) electrons. The smallest absolute Gasteiger partial charge is 0.232 e. The first-order valence-corrected chi connectivity index (χ1v) is 6.93. The number of rotatable bonds is 4. The Morgan fingerprint density at radius 1 is 1.50 bits per heavy atom. The van der Waals surface area contributed by atoms with Crippen LogP contribution in [0.1, 0.15) is 31.7 Å². The molecule has 22 heavy (non-hydrogen) atoms. The first kappa shape index (κ1) is 15.5. The molecule has 2 amide bonds. The number of nitrogens with one attached hydrogen (secondary N) is 2. The third kappa shape index (κ3) is 3.23. The Morgan fingerprint density at radius 2 is 2.23 bits per heavy atom. The summed E-state index contributed by atoms with van der Waals surface area (Å²) in [4.78, 5) is 32.1. The van der Waals surface area contributed by atoms with Crippen LogP contribution in [0, 0.1) is 34.5 Å². The lowest BCUT2D eigenvalue weighted by Gasteiger charge is -2.18. The highest BCUT2D eigenvalue weighted by molar-refractivity contribution is 5.96. The average Bonchev–Trinajstić information content (AvgIpc) is 3.02. The average molecular weight is 300 g/mol. The number of carbonyl (C=O) groups excluding carboxylic acids is 2. The normalized spacial score (nSPS) is 17.4. The fourth-order valence-electron chi connectivity index (χ4n) is 2.38. The standard InChI is InChI=1S/C14H16N6O2/c1-8(2)6-20-7-9(3-12(20)21)13(22)19-14-17-10(4-15)11(5-16)18-14/h8-9H,3,6-7H2,1-2H3,(H2,17,18,19,22). The van der Waals surface area contributed by atoms with Crippen molar-refractivity contribution in [3.8, 4) is 12.1 Å². The summed E-state index contributed by atoms with van der Waals surface area (Å²) >= 11 is 0.